The zero-order valence-corrected chi connectivity index (χ0v) is 15.9. The molecule has 0 spiro atoms. The molecule has 0 saturated heterocycles. The van der Waals surface area contributed by atoms with Crippen molar-refractivity contribution in [1.29, 1.82) is 5.26 Å². The highest BCUT2D eigenvalue weighted by atomic mass is 19.1. The van der Waals surface area contributed by atoms with E-state index in [0.29, 0.717) is 41.1 Å². The minimum atomic E-state index is -0.633. The summed E-state index contributed by atoms with van der Waals surface area (Å²) in [7, 11) is 1.64. The SMILES string of the molecule is CN1C(=O)N(c2cccc(CF)c2)C2=C(C(=O)NCC2)C1c1ccc(C#N)cc1. The van der Waals surface area contributed by atoms with Gasteiger partial charge in [-0.2, -0.15) is 5.26 Å². The second kappa shape index (κ2) is 7.40. The van der Waals surface area contributed by atoms with Crippen molar-refractivity contribution >= 4 is 17.6 Å². The molecule has 0 bridgehead atoms. The maximum absolute atomic E-state index is 13.3. The van der Waals surface area contributed by atoms with E-state index in [1.54, 1.807) is 55.6 Å². The van der Waals surface area contributed by atoms with E-state index in [1.165, 1.54) is 9.80 Å². The molecule has 1 atom stereocenters. The summed E-state index contributed by atoms with van der Waals surface area (Å²) in [4.78, 5) is 29.2. The van der Waals surface area contributed by atoms with Gasteiger partial charge < -0.3 is 10.2 Å². The maximum Gasteiger partial charge on any atom is 0.329 e. The van der Waals surface area contributed by atoms with Gasteiger partial charge in [-0.05, 0) is 35.4 Å². The molecule has 2 aromatic rings. The van der Waals surface area contributed by atoms with Gasteiger partial charge in [0.1, 0.15) is 6.67 Å². The molecule has 146 valence electrons. The van der Waals surface area contributed by atoms with E-state index in [2.05, 4.69) is 11.4 Å². The van der Waals surface area contributed by atoms with Gasteiger partial charge >= 0.3 is 6.03 Å². The van der Waals surface area contributed by atoms with Crippen LogP contribution >= 0.6 is 0 Å². The second-order valence-electron chi connectivity index (χ2n) is 7.04. The number of carbonyl (C=O) groups is 2. The number of halogens is 1. The van der Waals surface area contributed by atoms with Crippen LogP contribution in [0.3, 0.4) is 0 Å². The van der Waals surface area contributed by atoms with Crippen LogP contribution < -0.4 is 10.2 Å². The van der Waals surface area contributed by atoms with Gasteiger partial charge in [0.2, 0.25) is 0 Å². The Bertz CT molecular complexity index is 1060. The standard InChI is InChI=1S/C22H19FN4O2/c1-26-20(16-7-5-14(13-24)6-8-16)19-18(9-10-25-21(19)28)27(22(26)29)17-4-2-3-15(11-17)12-23/h2-8,11,20H,9-10,12H2,1H3,(H,25,28). The van der Waals surface area contributed by atoms with Crippen molar-refractivity contribution in [3.63, 3.8) is 0 Å². The van der Waals surface area contributed by atoms with E-state index in [-0.39, 0.29) is 11.9 Å². The van der Waals surface area contributed by atoms with Crippen molar-refractivity contribution in [3.8, 4) is 6.07 Å². The molecule has 0 aromatic heterocycles. The molecular formula is C22H19FN4O2. The fourth-order valence-electron chi connectivity index (χ4n) is 3.92. The fraction of sp³-hybridized carbons (Fsp3) is 0.227. The largest absolute Gasteiger partial charge is 0.352 e. The molecular weight excluding hydrogens is 371 g/mol. The zero-order chi connectivity index (χ0) is 20.5. The molecule has 6 nitrogen and oxygen atoms in total. The number of nitrogens with one attached hydrogen (secondary N) is 1. The first-order chi connectivity index (χ1) is 14.0. The monoisotopic (exact) mass is 390 g/mol. The number of hydrogen-bond donors (Lipinski definition) is 1. The van der Waals surface area contributed by atoms with Crippen molar-refractivity contribution in [2.75, 3.05) is 18.5 Å². The van der Waals surface area contributed by atoms with Gasteiger partial charge in [0.05, 0.1) is 28.9 Å². The van der Waals surface area contributed by atoms with Crippen LogP contribution in [0, 0.1) is 11.3 Å². The lowest BCUT2D eigenvalue weighted by molar-refractivity contribution is -0.118. The molecule has 0 fully saturated rings. The highest BCUT2D eigenvalue weighted by Crippen LogP contribution is 2.41. The first kappa shape index (κ1) is 18.7. The van der Waals surface area contributed by atoms with Gasteiger partial charge in [0, 0.05) is 25.7 Å². The number of urea groups is 1. The van der Waals surface area contributed by atoms with Crippen molar-refractivity contribution in [1.82, 2.24) is 10.2 Å². The number of alkyl halides is 1. The maximum atomic E-state index is 13.3. The lowest BCUT2D eigenvalue weighted by Crippen LogP contribution is -2.53. The van der Waals surface area contributed by atoms with Crippen LogP contribution in [0.25, 0.3) is 0 Å². The van der Waals surface area contributed by atoms with E-state index in [1.807, 2.05) is 0 Å². The van der Waals surface area contributed by atoms with Gasteiger partial charge in [0.15, 0.2) is 0 Å². The van der Waals surface area contributed by atoms with E-state index < -0.39 is 12.7 Å². The summed E-state index contributed by atoms with van der Waals surface area (Å²) in [6, 6.07) is 14.8. The van der Waals surface area contributed by atoms with Crippen LogP contribution in [-0.4, -0.2) is 30.4 Å². The normalized spacial score (nSPS) is 19.0. The van der Waals surface area contributed by atoms with Gasteiger partial charge in [0.25, 0.3) is 5.91 Å². The first-order valence-electron chi connectivity index (χ1n) is 9.28. The minimum absolute atomic E-state index is 0.230. The fourth-order valence-corrected chi connectivity index (χ4v) is 3.92. The lowest BCUT2D eigenvalue weighted by atomic mass is 9.89. The highest BCUT2D eigenvalue weighted by molar-refractivity contribution is 6.05. The van der Waals surface area contributed by atoms with Gasteiger partial charge in [-0.3, -0.25) is 9.69 Å². The third-order valence-corrected chi connectivity index (χ3v) is 5.31. The quantitative estimate of drug-likeness (QED) is 0.873. The molecule has 3 amide bonds. The third-order valence-electron chi connectivity index (χ3n) is 5.31. The number of carbonyl (C=O) groups excluding carboxylic acids is 2. The molecule has 4 rings (SSSR count). The Morgan fingerprint density at radius 2 is 1.97 bits per heavy atom. The second-order valence-corrected chi connectivity index (χ2v) is 7.04. The molecule has 2 aliphatic heterocycles. The Morgan fingerprint density at radius 3 is 2.66 bits per heavy atom. The number of rotatable bonds is 3. The topological polar surface area (TPSA) is 76.4 Å². The minimum Gasteiger partial charge on any atom is -0.352 e. The number of likely N-dealkylation sites (N-methyl/N-ethyl adjacent to an activating group) is 1. The van der Waals surface area contributed by atoms with Gasteiger partial charge in [-0.1, -0.05) is 24.3 Å². The smallest absolute Gasteiger partial charge is 0.329 e. The number of nitriles is 1. The number of hydrogen-bond acceptors (Lipinski definition) is 3. The molecule has 1 unspecified atom stereocenters. The average molecular weight is 390 g/mol. The first-order valence-corrected chi connectivity index (χ1v) is 9.28. The predicted molar refractivity (Wildman–Crippen MR) is 105 cm³/mol. The van der Waals surface area contributed by atoms with Crippen LogP contribution in [0.15, 0.2) is 59.8 Å². The third kappa shape index (κ3) is 3.13. The summed E-state index contributed by atoms with van der Waals surface area (Å²) < 4.78 is 13.2. The molecule has 0 saturated carbocycles. The van der Waals surface area contributed by atoms with E-state index in [0.717, 1.165) is 5.56 Å². The van der Waals surface area contributed by atoms with Crippen LogP contribution in [0.5, 0.6) is 0 Å². The molecule has 2 aromatic carbocycles. The number of anilines is 1. The molecule has 29 heavy (non-hydrogen) atoms. The number of benzene rings is 2. The molecule has 2 aliphatic rings. The summed E-state index contributed by atoms with van der Waals surface area (Å²) in [5.41, 5.74) is 3.38. The highest BCUT2D eigenvalue weighted by Gasteiger charge is 2.43. The van der Waals surface area contributed by atoms with Gasteiger partial charge in [-0.15, -0.1) is 0 Å². The zero-order valence-electron chi connectivity index (χ0n) is 15.9. The molecule has 0 aliphatic carbocycles. The average Bonchev–Trinajstić information content (AvgIpc) is 2.75. The summed E-state index contributed by atoms with van der Waals surface area (Å²) in [5.74, 6) is -0.230. The Labute approximate surface area is 167 Å². The molecule has 0 radical (unpaired) electrons. The molecule has 7 heteroatoms. The van der Waals surface area contributed by atoms with Crippen LogP contribution in [-0.2, 0) is 11.5 Å². The predicted octanol–water partition coefficient (Wildman–Crippen LogP) is 3.41. The summed E-state index contributed by atoms with van der Waals surface area (Å²) in [6.45, 7) is -0.208. The van der Waals surface area contributed by atoms with Crippen LogP contribution in [0.2, 0.25) is 0 Å². The van der Waals surface area contributed by atoms with E-state index in [4.69, 9.17) is 5.26 Å². The number of nitrogens with zero attached hydrogens (tertiary/aromatic N) is 3. The van der Waals surface area contributed by atoms with Crippen molar-refractivity contribution < 1.29 is 14.0 Å². The summed E-state index contributed by atoms with van der Waals surface area (Å²) in [5, 5.41) is 11.9. The Kier molecular flexibility index (Phi) is 4.77. The van der Waals surface area contributed by atoms with Crippen molar-refractivity contribution in [3.05, 3.63) is 76.5 Å². The Balaban J connectivity index is 1.88. The Morgan fingerprint density at radius 1 is 1.21 bits per heavy atom. The van der Waals surface area contributed by atoms with Crippen LogP contribution in [0.1, 0.15) is 29.2 Å². The van der Waals surface area contributed by atoms with E-state index >= 15 is 0 Å². The Hall–Kier alpha value is -3.66. The molecule has 1 N–H and O–H groups in total. The van der Waals surface area contributed by atoms with Crippen molar-refractivity contribution in [2.45, 2.75) is 19.1 Å². The van der Waals surface area contributed by atoms with E-state index in [9.17, 15) is 14.0 Å². The lowest BCUT2D eigenvalue weighted by Gasteiger charge is -2.43. The van der Waals surface area contributed by atoms with Gasteiger partial charge in [-0.25, -0.2) is 9.18 Å². The summed E-state index contributed by atoms with van der Waals surface area (Å²) in [6.07, 6.45) is 0.493. The summed E-state index contributed by atoms with van der Waals surface area (Å²) >= 11 is 0. The molecule has 2 heterocycles. The van der Waals surface area contributed by atoms with Crippen LogP contribution in [0.4, 0.5) is 14.9 Å². The van der Waals surface area contributed by atoms with Crippen molar-refractivity contribution in [2.24, 2.45) is 0 Å². The number of amides is 3.